The van der Waals surface area contributed by atoms with E-state index in [-0.39, 0.29) is 11.1 Å². The number of aryl methyl sites for hydroxylation is 1. The van der Waals surface area contributed by atoms with Crippen molar-refractivity contribution in [2.45, 2.75) is 33.6 Å². The van der Waals surface area contributed by atoms with Gasteiger partial charge in [-0.25, -0.2) is 0 Å². The summed E-state index contributed by atoms with van der Waals surface area (Å²) in [6.45, 7) is 6.53. The maximum atomic E-state index is 11.0. The summed E-state index contributed by atoms with van der Waals surface area (Å²) in [4.78, 5) is 10.6. The molecule has 0 unspecified atom stereocenters. The SMILES string of the molecule is CCC(CC)(CBr)COc1ccc(C)cc1[N+](=O)[O-]. The molecule has 0 bridgehead atoms. The lowest BCUT2D eigenvalue weighted by atomic mass is 9.86. The zero-order chi connectivity index (χ0) is 14.5. The van der Waals surface area contributed by atoms with E-state index in [1.54, 1.807) is 12.1 Å². The molecule has 1 rings (SSSR count). The van der Waals surface area contributed by atoms with E-state index in [1.165, 1.54) is 0 Å². The first-order valence-corrected chi connectivity index (χ1v) is 7.54. The molecular weight excluding hydrogens is 310 g/mol. The molecule has 0 atom stereocenters. The molecule has 0 aliphatic carbocycles. The van der Waals surface area contributed by atoms with Gasteiger partial charge in [-0.2, -0.15) is 0 Å². The third kappa shape index (κ3) is 3.93. The van der Waals surface area contributed by atoms with E-state index < -0.39 is 4.92 Å². The van der Waals surface area contributed by atoms with Crippen molar-refractivity contribution < 1.29 is 9.66 Å². The van der Waals surface area contributed by atoms with Crippen LogP contribution in [0, 0.1) is 22.5 Å². The van der Waals surface area contributed by atoms with Crippen LogP contribution in [0.4, 0.5) is 5.69 Å². The molecule has 106 valence electrons. The van der Waals surface area contributed by atoms with Gasteiger partial charge in [-0.15, -0.1) is 0 Å². The zero-order valence-electron chi connectivity index (χ0n) is 11.6. The Kier molecular flexibility index (Phi) is 5.79. The average Bonchev–Trinajstić information content (AvgIpc) is 2.42. The van der Waals surface area contributed by atoms with E-state index >= 15 is 0 Å². The quantitative estimate of drug-likeness (QED) is 0.421. The monoisotopic (exact) mass is 329 g/mol. The molecule has 4 nitrogen and oxygen atoms in total. The lowest BCUT2D eigenvalue weighted by molar-refractivity contribution is -0.386. The van der Waals surface area contributed by atoms with E-state index in [2.05, 4.69) is 29.8 Å². The van der Waals surface area contributed by atoms with Crippen molar-refractivity contribution in [3.05, 3.63) is 33.9 Å². The largest absolute Gasteiger partial charge is 0.486 e. The summed E-state index contributed by atoms with van der Waals surface area (Å²) in [7, 11) is 0. The summed E-state index contributed by atoms with van der Waals surface area (Å²) in [5.41, 5.74) is 0.922. The summed E-state index contributed by atoms with van der Waals surface area (Å²) in [5.74, 6) is 0.350. The highest BCUT2D eigenvalue weighted by Gasteiger charge is 2.27. The lowest BCUT2D eigenvalue weighted by Gasteiger charge is -2.29. The number of hydrogen-bond donors (Lipinski definition) is 0. The highest BCUT2D eigenvalue weighted by molar-refractivity contribution is 9.09. The highest BCUT2D eigenvalue weighted by Crippen LogP contribution is 2.33. The van der Waals surface area contributed by atoms with Crippen LogP contribution >= 0.6 is 15.9 Å². The van der Waals surface area contributed by atoms with Crippen molar-refractivity contribution in [2.75, 3.05) is 11.9 Å². The molecule has 0 N–H and O–H groups in total. The van der Waals surface area contributed by atoms with Crippen LogP contribution < -0.4 is 4.74 Å². The predicted molar refractivity (Wildman–Crippen MR) is 80.1 cm³/mol. The van der Waals surface area contributed by atoms with Crippen molar-refractivity contribution in [1.82, 2.24) is 0 Å². The first-order valence-electron chi connectivity index (χ1n) is 6.42. The van der Waals surface area contributed by atoms with Crippen molar-refractivity contribution in [3.8, 4) is 5.75 Å². The van der Waals surface area contributed by atoms with Gasteiger partial charge in [0.2, 0.25) is 0 Å². The van der Waals surface area contributed by atoms with E-state index in [4.69, 9.17) is 4.74 Å². The Morgan fingerprint density at radius 3 is 2.47 bits per heavy atom. The fourth-order valence-corrected chi connectivity index (χ4v) is 2.76. The van der Waals surface area contributed by atoms with Gasteiger partial charge in [0.1, 0.15) is 0 Å². The molecule has 0 amide bonds. The number of nitrogens with zero attached hydrogens (tertiary/aromatic N) is 1. The van der Waals surface area contributed by atoms with Gasteiger partial charge in [0.25, 0.3) is 0 Å². The number of nitro benzene ring substituents is 1. The van der Waals surface area contributed by atoms with Gasteiger partial charge >= 0.3 is 5.69 Å². The predicted octanol–water partition coefficient (Wildman–Crippen LogP) is 4.48. The van der Waals surface area contributed by atoms with Crippen molar-refractivity contribution in [3.63, 3.8) is 0 Å². The molecule has 0 aromatic heterocycles. The normalized spacial score (nSPS) is 11.4. The van der Waals surface area contributed by atoms with E-state index in [9.17, 15) is 10.1 Å². The fraction of sp³-hybridized carbons (Fsp3) is 0.571. The van der Waals surface area contributed by atoms with Crippen LogP contribution in [0.1, 0.15) is 32.3 Å². The average molecular weight is 330 g/mol. The smallest absolute Gasteiger partial charge is 0.311 e. The van der Waals surface area contributed by atoms with Gasteiger partial charge in [-0.1, -0.05) is 35.8 Å². The second-order valence-corrected chi connectivity index (χ2v) is 5.42. The lowest BCUT2D eigenvalue weighted by Crippen LogP contribution is -2.29. The number of benzene rings is 1. The van der Waals surface area contributed by atoms with Crippen LogP contribution in [-0.2, 0) is 0 Å². The number of halogens is 1. The molecule has 1 aromatic carbocycles. The molecule has 0 saturated carbocycles. The molecule has 0 aliphatic rings. The minimum atomic E-state index is -0.393. The van der Waals surface area contributed by atoms with Crippen LogP contribution in [0.25, 0.3) is 0 Å². The van der Waals surface area contributed by atoms with E-state index in [0.717, 1.165) is 23.7 Å². The highest BCUT2D eigenvalue weighted by atomic mass is 79.9. The second-order valence-electron chi connectivity index (χ2n) is 4.86. The van der Waals surface area contributed by atoms with E-state index in [0.29, 0.717) is 12.4 Å². The number of hydrogen-bond acceptors (Lipinski definition) is 3. The maximum Gasteiger partial charge on any atom is 0.311 e. The van der Waals surface area contributed by atoms with Crippen LogP contribution in [0.15, 0.2) is 18.2 Å². The molecular formula is C14H20BrNO3. The first kappa shape index (κ1) is 16.0. The first-order chi connectivity index (χ1) is 8.98. The molecule has 0 radical (unpaired) electrons. The summed E-state index contributed by atoms with van der Waals surface area (Å²) in [6, 6.07) is 5.05. The Labute approximate surface area is 122 Å². The van der Waals surface area contributed by atoms with Gasteiger partial charge in [-0.3, -0.25) is 10.1 Å². The minimum Gasteiger partial charge on any atom is -0.486 e. The Morgan fingerprint density at radius 2 is 2.00 bits per heavy atom. The molecule has 5 heteroatoms. The van der Waals surface area contributed by atoms with Crippen molar-refractivity contribution in [1.29, 1.82) is 0 Å². The molecule has 0 fully saturated rings. The Morgan fingerprint density at radius 1 is 1.37 bits per heavy atom. The molecule has 0 aliphatic heterocycles. The van der Waals surface area contributed by atoms with Crippen molar-refractivity contribution >= 4 is 21.6 Å². The fourth-order valence-electron chi connectivity index (χ4n) is 1.80. The molecule has 19 heavy (non-hydrogen) atoms. The summed E-state index contributed by atoms with van der Waals surface area (Å²) >= 11 is 3.51. The molecule has 1 aromatic rings. The third-order valence-corrected chi connectivity index (χ3v) is 4.82. The van der Waals surface area contributed by atoms with Crippen molar-refractivity contribution in [2.24, 2.45) is 5.41 Å². The summed E-state index contributed by atoms with van der Waals surface area (Å²) in [5, 5.41) is 11.8. The Hall–Kier alpha value is -1.10. The van der Waals surface area contributed by atoms with Crippen LogP contribution in [0.3, 0.4) is 0 Å². The summed E-state index contributed by atoms with van der Waals surface area (Å²) < 4.78 is 5.72. The third-order valence-electron chi connectivity index (χ3n) is 3.63. The van der Waals surface area contributed by atoms with E-state index in [1.807, 2.05) is 13.0 Å². The van der Waals surface area contributed by atoms with Crippen LogP contribution in [0.5, 0.6) is 5.75 Å². The van der Waals surface area contributed by atoms with Crippen LogP contribution in [-0.4, -0.2) is 16.9 Å². The molecule has 0 spiro atoms. The van der Waals surface area contributed by atoms with Gasteiger partial charge in [0, 0.05) is 16.8 Å². The van der Waals surface area contributed by atoms with Crippen LogP contribution in [0.2, 0.25) is 0 Å². The summed E-state index contributed by atoms with van der Waals surface area (Å²) in [6.07, 6.45) is 1.93. The van der Waals surface area contributed by atoms with Gasteiger partial charge < -0.3 is 4.74 Å². The Bertz CT molecular complexity index is 436. The number of alkyl halides is 1. The molecule has 0 heterocycles. The van der Waals surface area contributed by atoms with Gasteiger partial charge in [0.15, 0.2) is 5.75 Å². The Balaban J connectivity index is 2.91. The van der Waals surface area contributed by atoms with Gasteiger partial charge in [-0.05, 0) is 31.4 Å². The zero-order valence-corrected chi connectivity index (χ0v) is 13.2. The number of rotatable bonds is 7. The number of nitro groups is 1. The maximum absolute atomic E-state index is 11.0. The number of ether oxygens (including phenoxy) is 1. The minimum absolute atomic E-state index is 0.0265. The van der Waals surface area contributed by atoms with Gasteiger partial charge in [0.05, 0.1) is 11.5 Å². The standard InChI is InChI=1S/C14H20BrNO3/c1-4-14(5-2,9-15)10-19-13-7-6-11(3)8-12(13)16(17)18/h6-8H,4-5,9-10H2,1-3H3. The second kappa shape index (κ2) is 6.89. The topological polar surface area (TPSA) is 52.4 Å². The molecule has 0 saturated heterocycles.